The standard InChI is InChI=1S/C15H15N3O4S/c1-20-10-5-8(6-11(21-2)13(10)22-3)12-9(7-16)14(19)18-15(17-12)23-4/h5-6H,1-4H3,(H,17,18,19). The van der Waals surface area contributed by atoms with Gasteiger partial charge in [-0.1, -0.05) is 11.8 Å². The molecule has 1 heterocycles. The summed E-state index contributed by atoms with van der Waals surface area (Å²) in [6.45, 7) is 0. The molecule has 0 saturated carbocycles. The van der Waals surface area contributed by atoms with Gasteiger partial charge in [-0.15, -0.1) is 0 Å². The van der Waals surface area contributed by atoms with Gasteiger partial charge in [0.25, 0.3) is 5.56 Å². The summed E-state index contributed by atoms with van der Waals surface area (Å²) < 4.78 is 15.9. The first-order valence-corrected chi connectivity index (χ1v) is 7.70. The van der Waals surface area contributed by atoms with E-state index in [9.17, 15) is 10.1 Å². The second-order valence-corrected chi connectivity index (χ2v) is 5.12. The lowest BCUT2D eigenvalue weighted by Gasteiger charge is -2.14. The van der Waals surface area contributed by atoms with E-state index in [1.54, 1.807) is 18.4 Å². The van der Waals surface area contributed by atoms with Crippen LogP contribution in [-0.4, -0.2) is 37.6 Å². The number of aromatic amines is 1. The van der Waals surface area contributed by atoms with Gasteiger partial charge in [0.2, 0.25) is 5.75 Å². The molecule has 2 rings (SSSR count). The van der Waals surface area contributed by atoms with E-state index in [0.717, 1.165) is 0 Å². The van der Waals surface area contributed by atoms with E-state index in [1.807, 2.05) is 6.07 Å². The maximum absolute atomic E-state index is 12.0. The van der Waals surface area contributed by atoms with Crippen LogP contribution in [0.3, 0.4) is 0 Å². The summed E-state index contributed by atoms with van der Waals surface area (Å²) in [5.74, 6) is 1.25. The average molecular weight is 333 g/mol. The maximum Gasteiger partial charge on any atom is 0.270 e. The number of hydrogen-bond acceptors (Lipinski definition) is 7. The lowest BCUT2D eigenvalue weighted by Crippen LogP contribution is -2.14. The molecule has 23 heavy (non-hydrogen) atoms. The highest BCUT2D eigenvalue weighted by Crippen LogP contribution is 2.41. The SMILES string of the molecule is COc1cc(-c2nc(SC)[nH]c(=O)c2C#N)cc(OC)c1OC. The minimum atomic E-state index is -0.490. The molecule has 0 spiro atoms. The van der Waals surface area contributed by atoms with Gasteiger partial charge in [0.05, 0.1) is 27.0 Å². The minimum Gasteiger partial charge on any atom is -0.493 e. The van der Waals surface area contributed by atoms with Crippen LogP contribution in [0.25, 0.3) is 11.3 Å². The minimum absolute atomic E-state index is 0.0722. The summed E-state index contributed by atoms with van der Waals surface area (Å²) >= 11 is 1.28. The molecule has 0 fully saturated rings. The molecule has 0 saturated heterocycles. The summed E-state index contributed by atoms with van der Waals surface area (Å²) in [5, 5.41) is 9.69. The molecule has 2 aromatic rings. The third kappa shape index (κ3) is 3.10. The highest BCUT2D eigenvalue weighted by Gasteiger charge is 2.19. The Kier molecular flexibility index (Phi) is 5.13. The highest BCUT2D eigenvalue weighted by atomic mass is 32.2. The number of nitriles is 1. The average Bonchev–Trinajstić information content (AvgIpc) is 2.59. The van der Waals surface area contributed by atoms with Gasteiger partial charge in [-0.3, -0.25) is 4.79 Å². The van der Waals surface area contributed by atoms with Crippen LogP contribution >= 0.6 is 11.8 Å². The Bertz CT molecular complexity index is 801. The van der Waals surface area contributed by atoms with Gasteiger partial charge >= 0.3 is 0 Å². The molecule has 0 amide bonds. The molecule has 1 N–H and O–H groups in total. The van der Waals surface area contributed by atoms with Crippen LogP contribution in [-0.2, 0) is 0 Å². The van der Waals surface area contributed by atoms with Gasteiger partial charge in [0, 0.05) is 5.56 Å². The van der Waals surface area contributed by atoms with Crippen LogP contribution in [0.4, 0.5) is 0 Å². The van der Waals surface area contributed by atoms with E-state index >= 15 is 0 Å². The molecule has 0 aliphatic heterocycles. The molecule has 0 aliphatic rings. The molecule has 120 valence electrons. The molecule has 7 nitrogen and oxygen atoms in total. The molecular weight excluding hydrogens is 318 g/mol. The summed E-state index contributed by atoms with van der Waals surface area (Å²) in [6, 6.07) is 5.18. The fourth-order valence-corrected chi connectivity index (χ4v) is 2.46. The van der Waals surface area contributed by atoms with E-state index in [2.05, 4.69) is 9.97 Å². The van der Waals surface area contributed by atoms with Crippen molar-refractivity contribution in [1.82, 2.24) is 9.97 Å². The zero-order valence-corrected chi connectivity index (χ0v) is 13.9. The van der Waals surface area contributed by atoms with Gasteiger partial charge < -0.3 is 19.2 Å². The molecule has 0 aliphatic carbocycles. The van der Waals surface area contributed by atoms with Crippen molar-refractivity contribution in [2.24, 2.45) is 0 Å². The number of methoxy groups -OCH3 is 3. The van der Waals surface area contributed by atoms with Crippen LogP contribution in [0.15, 0.2) is 22.1 Å². The van der Waals surface area contributed by atoms with Crippen molar-refractivity contribution in [3.8, 4) is 34.6 Å². The summed E-state index contributed by atoms with van der Waals surface area (Å²) in [4.78, 5) is 18.9. The first-order chi connectivity index (χ1) is 11.1. The lowest BCUT2D eigenvalue weighted by molar-refractivity contribution is 0.324. The molecule has 8 heteroatoms. The van der Waals surface area contributed by atoms with Gasteiger partial charge in [-0.2, -0.15) is 5.26 Å². The number of thioether (sulfide) groups is 1. The Morgan fingerprint density at radius 1 is 1.17 bits per heavy atom. The van der Waals surface area contributed by atoms with Crippen LogP contribution < -0.4 is 19.8 Å². The predicted octanol–water partition coefficient (Wildman–Crippen LogP) is 2.06. The van der Waals surface area contributed by atoms with Crippen molar-refractivity contribution in [3.05, 3.63) is 28.0 Å². The first kappa shape index (κ1) is 16.7. The monoisotopic (exact) mass is 333 g/mol. The summed E-state index contributed by atoms with van der Waals surface area (Å²) in [5.41, 5.74) is 0.227. The third-order valence-corrected chi connectivity index (χ3v) is 3.72. The number of ether oxygens (including phenoxy) is 3. The molecule has 0 unspecified atom stereocenters. The molecule has 0 radical (unpaired) electrons. The Labute approximate surface area is 137 Å². The maximum atomic E-state index is 12.0. The largest absolute Gasteiger partial charge is 0.493 e. The summed E-state index contributed by atoms with van der Waals surface area (Å²) in [7, 11) is 4.48. The van der Waals surface area contributed by atoms with Gasteiger partial charge in [0.15, 0.2) is 16.7 Å². The zero-order chi connectivity index (χ0) is 17.0. The second-order valence-electron chi connectivity index (χ2n) is 4.32. The second kappa shape index (κ2) is 7.07. The van der Waals surface area contributed by atoms with Crippen molar-refractivity contribution in [1.29, 1.82) is 5.26 Å². The van der Waals surface area contributed by atoms with Crippen molar-refractivity contribution in [2.75, 3.05) is 27.6 Å². The fraction of sp³-hybridized carbons (Fsp3) is 0.267. The van der Waals surface area contributed by atoms with Gasteiger partial charge in [-0.05, 0) is 18.4 Å². The van der Waals surface area contributed by atoms with Crippen molar-refractivity contribution >= 4 is 11.8 Å². The number of benzene rings is 1. The van der Waals surface area contributed by atoms with Crippen LogP contribution in [0, 0.1) is 11.3 Å². The quantitative estimate of drug-likeness (QED) is 0.660. The Hall–Kier alpha value is -2.66. The Morgan fingerprint density at radius 2 is 1.78 bits per heavy atom. The summed E-state index contributed by atoms with van der Waals surface area (Å²) in [6.07, 6.45) is 1.78. The van der Waals surface area contributed by atoms with Gasteiger partial charge in [0.1, 0.15) is 11.6 Å². The Balaban J connectivity index is 2.79. The van der Waals surface area contributed by atoms with E-state index in [1.165, 1.54) is 33.1 Å². The number of nitrogens with zero attached hydrogens (tertiary/aromatic N) is 2. The normalized spacial score (nSPS) is 10.0. The van der Waals surface area contributed by atoms with Crippen LogP contribution in [0.1, 0.15) is 5.56 Å². The number of H-pyrrole nitrogens is 1. The first-order valence-electron chi connectivity index (χ1n) is 6.48. The zero-order valence-electron chi connectivity index (χ0n) is 13.1. The van der Waals surface area contributed by atoms with E-state index in [-0.39, 0.29) is 11.3 Å². The number of rotatable bonds is 5. The highest BCUT2D eigenvalue weighted by molar-refractivity contribution is 7.98. The van der Waals surface area contributed by atoms with Crippen molar-refractivity contribution in [2.45, 2.75) is 5.16 Å². The van der Waals surface area contributed by atoms with E-state index in [4.69, 9.17) is 14.2 Å². The molecule has 1 aromatic carbocycles. The number of nitrogens with one attached hydrogen (secondary N) is 1. The van der Waals surface area contributed by atoms with E-state index in [0.29, 0.717) is 28.0 Å². The van der Waals surface area contributed by atoms with Gasteiger partial charge in [-0.25, -0.2) is 4.98 Å². The molecule has 1 aromatic heterocycles. The fourth-order valence-electron chi connectivity index (χ4n) is 2.08. The number of aromatic nitrogens is 2. The van der Waals surface area contributed by atoms with Crippen LogP contribution in [0.5, 0.6) is 17.2 Å². The molecule has 0 atom stereocenters. The lowest BCUT2D eigenvalue weighted by atomic mass is 10.1. The van der Waals surface area contributed by atoms with E-state index < -0.39 is 5.56 Å². The topological polar surface area (TPSA) is 97.2 Å². The van der Waals surface area contributed by atoms with Crippen LogP contribution in [0.2, 0.25) is 0 Å². The molecular formula is C15H15N3O4S. The Morgan fingerprint density at radius 3 is 2.22 bits per heavy atom. The smallest absolute Gasteiger partial charge is 0.270 e. The predicted molar refractivity (Wildman–Crippen MR) is 86.4 cm³/mol. The molecule has 0 bridgehead atoms. The van der Waals surface area contributed by atoms with Crippen molar-refractivity contribution in [3.63, 3.8) is 0 Å². The third-order valence-electron chi connectivity index (χ3n) is 3.14. The number of hydrogen-bond donors (Lipinski definition) is 1. The van der Waals surface area contributed by atoms with Crippen molar-refractivity contribution < 1.29 is 14.2 Å².